The molecule has 4 rings (SSSR count). The number of aromatic amines is 1. The number of carbonyl (C=O) groups excluding carboxylic acids is 1. The molecule has 2 aliphatic rings. The van der Waals surface area contributed by atoms with Crippen LogP contribution in [0.25, 0.3) is 10.9 Å². The lowest BCUT2D eigenvalue weighted by atomic mass is 9.80. The monoisotopic (exact) mass is 325 g/mol. The lowest BCUT2D eigenvalue weighted by Gasteiger charge is -2.51. The third-order valence-electron chi connectivity index (χ3n) is 6.29. The maximum atomic E-state index is 13.3. The summed E-state index contributed by atoms with van der Waals surface area (Å²) in [6.07, 6.45) is 5.83. The van der Waals surface area contributed by atoms with E-state index < -0.39 is 0 Å². The van der Waals surface area contributed by atoms with Gasteiger partial charge in [-0.2, -0.15) is 0 Å². The zero-order valence-corrected chi connectivity index (χ0v) is 14.7. The minimum Gasteiger partial charge on any atom is -0.351 e. The van der Waals surface area contributed by atoms with Crippen molar-refractivity contribution in [3.8, 4) is 0 Å². The Labute approximate surface area is 143 Å². The number of aromatic nitrogens is 1. The predicted octanol–water partition coefficient (Wildman–Crippen LogP) is 3.65. The average molecular weight is 325 g/mol. The van der Waals surface area contributed by atoms with Gasteiger partial charge in [-0.1, -0.05) is 24.6 Å². The van der Waals surface area contributed by atoms with E-state index in [9.17, 15) is 4.79 Å². The molecule has 0 saturated carbocycles. The molecule has 0 radical (unpaired) electrons. The summed E-state index contributed by atoms with van der Waals surface area (Å²) in [4.78, 5) is 21.2. The van der Waals surface area contributed by atoms with Crippen molar-refractivity contribution in [2.75, 3.05) is 20.1 Å². The topological polar surface area (TPSA) is 39.3 Å². The molecule has 2 atom stereocenters. The summed E-state index contributed by atoms with van der Waals surface area (Å²) < 4.78 is 0. The summed E-state index contributed by atoms with van der Waals surface area (Å²) >= 11 is 0. The Morgan fingerprint density at radius 3 is 2.88 bits per heavy atom. The first-order valence-electron chi connectivity index (χ1n) is 9.19. The van der Waals surface area contributed by atoms with Crippen LogP contribution in [0.5, 0.6) is 0 Å². The van der Waals surface area contributed by atoms with E-state index in [1.165, 1.54) is 19.3 Å². The summed E-state index contributed by atoms with van der Waals surface area (Å²) in [5.41, 5.74) is 1.88. The lowest BCUT2D eigenvalue weighted by molar-refractivity contribution is -0.00361. The van der Waals surface area contributed by atoms with Crippen molar-refractivity contribution in [1.29, 1.82) is 0 Å². The Hall–Kier alpha value is -1.81. The molecule has 1 N–H and O–H groups in total. The summed E-state index contributed by atoms with van der Waals surface area (Å²) in [5.74, 6) is 0.164. The van der Waals surface area contributed by atoms with Crippen LogP contribution in [-0.4, -0.2) is 52.4 Å². The molecule has 24 heavy (non-hydrogen) atoms. The van der Waals surface area contributed by atoms with Gasteiger partial charge >= 0.3 is 0 Å². The minimum atomic E-state index is 0.108. The highest BCUT2D eigenvalue weighted by atomic mass is 16.2. The number of nitrogens with zero attached hydrogens (tertiary/aromatic N) is 2. The van der Waals surface area contributed by atoms with Gasteiger partial charge < -0.3 is 9.88 Å². The first-order valence-corrected chi connectivity index (χ1v) is 9.19. The standard InChI is InChI=1S/C20H27N3O/c1-20-11-7-13-23(18(20)10-5-6-12-22(20)2)19(24)17-14-15-8-3-4-9-16(15)21-17/h3-4,8-9,14,18,21H,5-7,10-13H2,1-2H3/t18-,20-/m0/s1. The van der Waals surface area contributed by atoms with Crippen LogP contribution in [0.15, 0.2) is 30.3 Å². The lowest BCUT2D eigenvalue weighted by Crippen LogP contribution is -2.63. The van der Waals surface area contributed by atoms with Gasteiger partial charge in [-0.15, -0.1) is 0 Å². The van der Waals surface area contributed by atoms with Crippen LogP contribution >= 0.6 is 0 Å². The predicted molar refractivity (Wildman–Crippen MR) is 97.2 cm³/mol. The van der Waals surface area contributed by atoms with Crippen LogP contribution in [0.4, 0.5) is 0 Å². The van der Waals surface area contributed by atoms with Gasteiger partial charge in [0.2, 0.25) is 0 Å². The molecular weight excluding hydrogens is 298 g/mol. The quantitative estimate of drug-likeness (QED) is 0.869. The number of amides is 1. The second kappa shape index (κ2) is 5.92. The van der Waals surface area contributed by atoms with Crippen molar-refractivity contribution < 1.29 is 4.79 Å². The van der Waals surface area contributed by atoms with Crippen molar-refractivity contribution in [1.82, 2.24) is 14.8 Å². The molecule has 2 aromatic rings. The fourth-order valence-electron chi connectivity index (χ4n) is 4.71. The molecule has 4 heteroatoms. The summed E-state index contributed by atoms with van der Waals surface area (Å²) in [7, 11) is 2.23. The summed E-state index contributed by atoms with van der Waals surface area (Å²) in [6, 6.07) is 10.4. The molecule has 2 saturated heterocycles. The SMILES string of the molecule is CN1CCCC[C@@H]2N(C(=O)c3cc4ccccc4[nH]3)CCC[C@@]21C. The second-order valence-electron chi connectivity index (χ2n) is 7.66. The van der Waals surface area contributed by atoms with Crippen LogP contribution in [-0.2, 0) is 0 Å². The number of carbonyl (C=O) groups is 1. The highest BCUT2D eigenvalue weighted by Crippen LogP contribution is 2.38. The molecule has 0 bridgehead atoms. The molecule has 4 nitrogen and oxygen atoms in total. The fourth-order valence-corrected chi connectivity index (χ4v) is 4.71. The normalized spacial score (nSPS) is 28.6. The van der Waals surface area contributed by atoms with Gasteiger partial charge in [-0.3, -0.25) is 9.69 Å². The Morgan fingerprint density at radius 1 is 1.21 bits per heavy atom. The zero-order chi connectivity index (χ0) is 16.7. The first kappa shape index (κ1) is 15.7. The Balaban J connectivity index is 1.67. The number of hydrogen-bond acceptors (Lipinski definition) is 2. The average Bonchev–Trinajstić information content (AvgIpc) is 2.96. The zero-order valence-electron chi connectivity index (χ0n) is 14.7. The molecular formula is C20H27N3O. The van der Waals surface area contributed by atoms with Crippen molar-refractivity contribution in [3.05, 3.63) is 36.0 Å². The maximum absolute atomic E-state index is 13.3. The van der Waals surface area contributed by atoms with Gasteiger partial charge in [-0.05, 0) is 58.3 Å². The van der Waals surface area contributed by atoms with Crippen molar-refractivity contribution in [2.24, 2.45) is 0 Å². The molecule has 0 unspecified atom stereocenters. The third kappa shape index (κ3) is 2.44. The smallest absolute Gasteiger partial charge is 0.270 e. The van der Waals surface area contributed by atoms with E-state index in [0.717, 1.165) is 42.5 Å². The van der Waals surface area contributed by atoms with E-state index in [4.69, 9.17) is 0 Å². The van der Waals surface area contributed by atoms with Gasteiger partial charge in [0.1, 0.15) is 5.69 Å². The molecule has 0 spiro atoms. The highest BCUT2D eigenvalue weighted by molar-refractivity contribution is 5.98. The van der Waals surface area contributed by atoms with E-state index in [1.807, 2.05) is 24.3 Å². The molecule has 1 aromatic carbocycles. The van der Waals surface area contributed by atoms with E-state index in [-0.39, 0.29) is 11.4 Å². The molecule has 2 fully saturated rings. The fraction of sp³-hybridized carbons (Fsp3) is 0.550. The van der Waals surface area contributed by atoms with Crippen molar-refractivity contribution in [3.63, 3.8) is 0 Å². The van der Waals surface area contributed by atoms with Gasteiger partial charge in [0, 0.05) is 23.0 Å². The van der Waals surface area contributed by atoms with Crippen LogP contribution in [0.1, 0.15) is 49.5 Å². The number of likely N-dealkylation sites (tertiary alicyclic amines) is 2. The molecule has 128 valence electrons. The van der Waals surface area contributed by atoms with Crippen LogP contribution < -0.4 is 0 Å². The van der Waals surface area contributed by atoms with Gasteiger partial charge in [0.05, 0.1) is 6.04 Å². The second-order valence-corrected chi connectivity index (χ2v) is 7.66. The summed E-state index contributed by atoms with van der Waals surface area (Å²) in [5, 5.41) is 1.11. The van der Waals surface area contributed by atoms with Crippen LogP contribution in [0.3, 0.4) is 0 Å². The van der Waals surface area contributed by atoms with Crippen molar-refractivity contribution in [2.45, 2.75) is 50.6 Å². The van der Waals surface area contributed by atoms with Crippen molar-refractivity contribution >= 4 is 16.8 Å². The molecule has 2 aliphatic heterocycles. The van der Waals surface area contributed by atoms with Crippen LogP contribution in [0.2, 0.25) is 0 Å². The number of likely N-dealkylation sites (N-methyl/N-ethyl adjacent to an activating group) is 1. The number of fused-ring (bicyclic) bond motifs is 2. The number of rotatable bonds is 1. The van der Waals surface area contributed by atoms with Gasteiger partial charge in [-0.25, -0.2) is 0 Å². The molecule has 0 aliphatic carbocycles. The number of hydrogen-bond donors (Lipinski definition) is 1. The number of para-hydroxylation sites is 1. The molecule has 1 aromatic heterocycles. The highest BCUT2D eigenvalue weighted by Gasteiger charge is 2.46. The summed E-state index contributed by atoms with van der Waals surface area (Å²) in [6.45, 7) is 4.37. The van der Waals surface area contributed by atoms with E-state index >= 15 is 0 Å². The van der Waals surface area contributed by atoms with E-state index in [0.29, 0.717) is 6.04 Å². The Morgan fingerprint density at radius 2 is 2.04 bits per heavy atom. The minimum absolute atomic E-state index is 0.108. The first-order chi connectivity index (χ1) is 11.6. The molecule has 3 heterocycles. The number of benzene rings is 1. The Bertz CT molecular complexity index is 719. The number of H-pyrrole nitrogens is 1. The number of nitrogens with one attached hydrogen (secondary N) is 1. The molecule has 1 amide bonds. The van der Waals surface area contributed by atoms with Crippen LogP contribution in [0, 0.1) is 0 Å². The van der Waals surface area contributed by atoms with E-state index in [2.05, 4.69) is 34.8 Å². The van der Waals surface area contributed by atoms with Gasteiger partial charge in [0.15, 0.2) is 0 Å². The Kier molecular flexibility index (Phi) is 3.87. The largest absolute Gasteiger partial charge is 0.351 e. The number of piperidine rings is 1. The van der Waals surface area contributed by atoms with Gasteiger partial charge in [0.25, 0.3) is 5.91 Å². The third-order valence-corrected chi connectivity index (χ3v) is 6.29. The van der Waals surface area contributed by atoms with E-state index in [1.54, 1.807) is 0 Å². The maximum Gasteiger partial charge on any atom is 0.270 e.